The van der Waals surface area contributed by atoms with E-state index >= 15 is 0 Å². The number of nitrogens with zero attached hydrogens (tertiary/aromatic N) is 1. The predicted octanol–water partition coefficient (Wildman–Crippen LogP) is 0.213. The van der Waals surface area contributed by atoms with Gasteiger partial charge < -0.3 is 10.2 Å². The van der Waals surface area contributed by atoms with Crippen LogP contribution in [0.1, 0.15) is 26.7 Å². The van der Waals surface area contributed by atoms with E-state index in [1.54, 1.807) is 6.92 Å². The summed E-state index contributed by atoms with van der Waals surface area (Å²) >= 11 is -2.00. The lowest BCUT2D eigenvalue weighted by atomic mass is 10.0. The van der Waals surface area contributed by atoms with Gasteiger partial charge in [-0.1, -0.05) is 20.3 Å². The largest absolute Gasteiger partial charge is 0.390 e. The first-order valence-corrected chi connectivity index (χ1v) is 6.79. The van der Waals surface area contributed by atoms with E-state index in [1.807, 2.05) is 6.92 Å². The third kappa shape index (κ3) is 3.01. The molecule has 5 nitrogen and oxygen atoms in total. The molecule has 0 aromatic carbocycles. The van der Waals surface area contributed by atoms with Gasteiger partial charge in [0.2, 0.25) is 11.3 Å². The highest BCUT2D eigenvalue weighted by Gasteiger charge is 2.41. The molecule has 1 rings (SSSR count). The molecule has 0 spiro atoms. The van der Waals surface area contributed by atoms with Crippen molar-refractivity contribution < 1.29 is 19.0 Å². The van der Waals surface area contributed by atoms with Crippen molar-refractivity contribution in [2.75, 3.05) is 13.1 Å². The highest BCUT2D eigenvalue weighted by Crippen LogP contribution is 2.34. The molecule has 0 aromatic heterocycles. The lowest BCUT2D eigenvalue weighted by molar-refractivity contribution is 0.00103. The van der Waals surface area contributed by atoms with Crippen LogP contribution in [0.4, 0.5) is 0 Å². The Labute approximate surface area is 98.9 Å². The Morgan fingerprint density at radius 1 is 1.25 bits per heavy atom. The number of aliphatic hydroxyl groups is 2. The van der Waals surface area contributed by atoms with Gasteiger partial charge in [-0.25, -0.2) is 8.51 Å². The average molecular weight is 251 g/mol. The summed E-state index contributed by atoms with van der Waals surface area (Å²) in [6.45, 7) is 4.58. The maximum absolute atomic E-state index is 11.0. The van der Waals surface area contributed by atoms with E-state index < -0.39 is 23.5 Å². The van der Waals surface area contributed by atoms with E-state index in [1.165, 1.54) is 4.31 Å². The minimum atomic E-state index is -2.00. The second-order valence-corrected chi connectivity index (χ2v) is 5.33. The van der Waals surface area contributed by atoms with Gasteiger partial charge in [-0.3, -0.25) is 4.55 Å². The zero-order chi connectivity index (χ0) is 12.3. The number of rotatable bonds is 5. The van der Waals surface area contributed by atoms with Crippen molar-refractivity contribution in [2.24, 2.45) is 11.8 Å². The Morgan fingerprint density at radius 2 is 1.81 bits per heavy atom. The van der Waals surface area contributed by atoms with E-state index in [0.717, 1.165) is 6.42 Å². The first-order valence-electron chi connectivity index (χ1n) is 5.73. The molecule has 5 atom stereocenters. The smallest absolute Gasteiger partial charge is 0.234 e. The van der Waals surface area contributed by atoms with Gasteiger partial charge in [0.25, 0.3) is 0 Å². The average Bonchev–Trinajstić information content (AvgIpc) is 2.52. The molecule has 0 aromatic rings. The van der Waals surface area contributed by atoms with E-state index in [2.05, 4.69) is 0 Å². The SMILES string of the molecule is CCC1CC(CN(CC)S(=O)O)C(O)C1O. The van der Waals surface area contributed by atoms with E-state index in [9.17, 15) is 14.4 Å². The fourth-order valence-electron chi connectivity index (χ4n) is 2.38. The van der Waals surface area contributed by atoms with Gasteiger partial charge in [-0.05, 0) is 12.3 Å². The van der Waals surface area contributed by atoms with Gasteiger partial charge in [0, 0.05) is 19.0 Å². The van der Waals surface area contributed by atoms with Crippen LogP contribution in [-0.4, -0.2) is 48.6 Å². The molecule has 1 saturated carbocycles. The van der Waals surface area contributed by atoms with Gasteiger partial charge in [-0.15, -0.1) is 0 Å². The van der Waals surface area contributed by atoms with Crippen molar-refractivity contribution in [3.63, 3.8) is 0 Å². The van der Waals surface area contributed by atoms with E-state index in [4.69, 9.17) is 4.55 Å². The number of hydrogen-bond acceptors (Lipinski definition) is 3. The predicted molar refractivity (Wildman–Crippen MR) is 61.9 cm³/mol. The van der Waals surface area contributed by atoms with E-state index in [-0.39, 0.29) is 11.8 Å². The summed E-state index contributed by atoms with van der Waals surface area (Å²) in [6, 6.07) is 0. The standard InChI is InChI=1S/C10H21NO4S/c1-3-7-5-8(10(13)9(7)12)6-11(4-2)16(14)15/h7-10,12-13H,3-6H2,1-2H3,(H,14,15). The van der Waals surface area contributed by atoms with Gasteiger partial charge in [0.05, 0.1) is 12.2 Å². The molecule has 96 valence electrons. The van der Waals surface area contributed by atoms with Crippen LogP contribution in [0.15, 0.2) is 0 Å². The molecule has 6 heteroatoms. The third-order valence-electron chi connectivity index (χ3n) is 3.46. The molecule has 0 bridgehead atoms. The summed E-state index contributed by atoms with van der Waals surface area (Å²) in [5.74, 6) is -0.0122. The molecule has 0 radical (unpaired) electrons. The summed E-state index contributed by atoms with van der Waals surface area (Å²) in [7, 11) is 0. The van der Waals surface area contributed by atoms with Crippen molar-refractivity contribution in [3.8, 4) is 0 Å². The van der Waals surface area contributed by atoms with Crippen LogP contribution in [0.25, 0.3) is 0 Å². The summed E-state index contributed by atoms with van der Waals surface area (Å²) in [5, 5.41) is 19.6. The van der Waals surface area contributed by atoms with Crippen LogP contribution >= 0.6 is 0 Å². The Balaban J connectivity index is 2.58. The Hall–Kier alpha value is -0.0100. The van der Waals surface area contributed by atoms with Gasteiger partial charge in [0.15, 0.2) is 0 Å². The van der Waals surface area contributed by atoms with Gasteiger partial charge in [-0.2, -0.15) is 0 Å². The molecule has 1 aliphatic carbocycles. The van der Waals surface area contributed by atoms with Crippen LogP contribution in [0.3, 0.4) is 0 Å². The maximum atomic E-state index is 11.0. The molecule has 16 heavy (non-hydrogen) atoms. The summed E-state index contributed by atoms with van der Waals surface area (Å²) in [5.41, 5.74) is 0. The van der Waals surface area contributed by atoms with E-state index in [0.29, 0.717) is 19.5 Å². The molecular weight excluding hydrogens is 230 g/mol. The zero-order valence-corrected chi connectivity index (χ0v) is 10.6. The molecule has 5 unspecified atom stereocenters. The monoisotopic (exact) mass is 251 g/mol. The third-order valence-corrected chi connectivity index (χ3v) is 4.31. The van der Waals surface area contributed by atoms with Crippen LogP contribution < -0.4 is 0 Å². The maximum Gasteiger partial charge on any atom is 0.234 e. The summed E-state index contributed by atoms with van der Waals surface area (Å²) < 4.78 is 21.3. The minimum Gasteiger partial charge on any atom is -0.390 e. The van der Waals surface area contributed by atoms with Crippen molar-refractivity contribution in [1.82, 2.24) is 4.31 Å². The molecule has 1 fully saturated rings. The van der Waals surface area contributed by atoms with Crippen LogP contribution in [0, 0.1) is 11.8 Å². The fourth-order valence-corrected chi connectivity index (χ4v) is 2.92. The minimum absolute atomic E-state index is 0.103. The van der Waals surface area contributed by atoms with Crippen LogP contribution in [0.2, 0.25) is 0 Å². The quantitative estimate of drug-likeness (QED) is 0.610. The molecule has 0 amide bonds. The topological polar surface area (TPSA) is 81.0 Å². The number of aliphatic hydroxyl groups excluding tert-OH is 2. The Bertz CT molecular complexity index is 251. The molecule has 0 heterocycles. The Kier molecular flexibility index (Phi) is 5.33. The first kappa shape index (κ1) is 14.1. The van der Waals surface area contributed by atoms with Crippen molar-refractivity contribution in [2.45, 2.75) is 38.9 Å². The lowest BCUT2D eigenvalue weighted by Crippen LogP contribution is -2.36. The van der Waals surface area contributed by atoms with Crippen molar-refractivity contribution >= 4 is 11.3 Å². The summed E-state index contributed by atoms with van der Waals surface area (Å²) in [4.78, 5) is 0. The van der Waals surface area contributed by atoms with Crippen molar-refractivity contribution in [3.05, 3.63) is 0 Å². The highest BCUT2D eigenvalue weighted by atomic mass is 32.2. The molecule has 3 N–H and O–H groups in total. The first-order chi connectivity index (χ1) is 7.51. The fraction of sp³-hybridized carbons (Fsp3) is 1.00. The van der Waals surface area contributed by atoms with Crippen LogP contribution in [0.5, 0.6) is 0 Å². The van der Waals surface area contributed by atoms with Gasteiger partial charge in [0.1, 0.15) is 0 Å². The summed E-state index contributed by atoms with van der Waals surface area (Å²) in [6.07, 6.45) is 0.0682. The molecular formula is C10H21NO4S. The molecule has 1 aliphatic rings. The van der Waals surface area contributed by atoms with Crippen LogP contribution in [-0.2, 0) is 11.3 Å². The highest BCUT2D eigenvalue weighted by molar-refractivity contribution is 7.76. The van der Waals surface area contributed by atoms with Crippen molar-refractivity contribution in [1.29, 1.82) is 0 Å². The normalized spacial score (nSPS) is 36.9. The second kappa shape index (κ2) is 6.07. The Morgan fingerprint density at radius 3 is 2.19 bits per heavy atom. The molecule has 0 saturated heterocycles. The number of hydrogen-bond donors (Lipinski definition) is 3. The lowest BCUT2D eigenvalue weighted by Gasteiger charge is -2.22. The molecule has 0 aliphatic heterocycles. The zero-order valence-electron chi connectivity index (χ0n) is 9.74. The second-order valence-electron chi connectivity index (χ2n) is 4.36. The van der Waals surface area contributed by atoms with Gasteiger partial charge >= 0.3 is 0 Å².